The van der Waals surface area contributed by atoms with Crippen LogP contribution in [0.15, 0.2) is 30.3 Å². The van der Waals surface area contributed by atoms with Gasteiger partial charge in [-0.05, 0) is 12.1 Å². The SMILES string of the molecule is CNc1cc(C(=O)O)nc(CCOc2ccccc2OC)n1. The van der Waals surface area contributed by atoms with Crippen molar-refractivity contribution in [2.24, 2.45) is 0 Å². The molecule has 1 aromatic carbocycles. The number of nitrogens with zero attached hydrogens (tertiary/aromatic N) is 2. The Hall–Kier alpha value is -2.83. The van der Waals surface area contributed by atoms with Crippen LogP contribution >= 0.6 is 0 Å². The van der Waals surface area contributed by atoms with Crippen LogP contribution in [-0.4, -0.2) is 41.8 Å². The number of benzene rings is 1. The van der Waals surface area contributed by atoms with E-state index < -0.39 is 5.97 Å². The van der Waals surface area contributed by atoms with E-state index in [9.17, 15) is 4.79 Å². The van der Waals surface area contributed by atoms with E-state index in [-0.39, 0.29) is 5.69 Å². The Labute approximate surface area is 127 Å². The van der Waals surface area contributed by atoms with Gasteiger partial charge in [-0.1, -0.05) is 12.1 Å². The molecular weight excluding hydrogens is 286 g/mol. The Balaban J connectivity index is 2.05. The number of aromatic nitrogens is 2. The lowest BCUT2D eigenvalue weighted by molar-refractivity contribution is 0.0690. The van der Waals surface area contributed by atoms with E-state index in [0.29, 0.717) is 36.2 Å². The summed E-state index contributed by atoms with van der Waals surface area (Å²) in [5.74, 6) is 1.02. The van der Waals surface area contributed by atoms with E-state index in [2.05, 4.69) is 15.3 Å². The largest absolute Gasteiger partial charge is 0.493 e. The van der Waals surface area contributed by atoms with E-state index in [1.807, 2.05) is 12.1 Å². The van der Waals surface area contributed by atoms with Crippen LogP contribution in [0.3, 0.4) is 0 Å². The van der Waals surface area contributed by atoms with Crippen LogP contribution in [-0.2, 0) is 6.42 Å². The molecule has 2 N–H and O–H groups in total. The van der Waals surface area contributed by atoms with Gasteiger partial charge in [-0.15, -0.1) is 0 Å². The third kappa shape index (κ3) is 3.85. The van der Waals surface area contributed by atoms with Gasteiger partial charge in [0.15, 0.2) is 17.2 Å². The monoisotopic (exact) mass is 303 g/mol. The average Bonchev–Trinajstić information content (AvgIpc) is 2.55. The number of para-hydroxylation sites is 2. The number of rotatable bonds is 7. The molecular formula is C15H17N3O4. The molecule has 0 amide bonds. The standard InChI is InChI=1S/C15H17N3O4/c1-16-14-9-10(15(19)20)17-13(18-14)7-8-22-12-6-4-3-5-11(12)21-2/h3-6,9H,7-8H2,1-2H3,(H,19,20)(H,16,17,18). The molecule has 0 unspecified atom stereocenters. The number of methoxy groups -OCH3 is 1. The lowest BCUT2D eigenvalue weighted by Gasteiger charge is -2.10. The van der Waals surface area contributed by atoms with Gasteiger partial charge in [0.25, 0.3) is 0 Å². The molecule has 1 heterocycles. The second-order valence-electron chi connectivity index (χ2n) is 4.36. The van der Waals surface area contributed by atoms with Crippen LogP contribution in [0.5, 0.6) is 11.5 Å². The third-order valence-electron chi connectivity index (χ3n) is 2.90. The van der Waals surface area contributed by atoms with Gasteiger partial charge >= 0.3 is 5.97 Å². The number of carboxylic acid groups (broad SMARTS) is 1. The molecule has 2 aromatic rings. The number of carbonyl (C=O) groups is 1. The highest BCUT2D eigenvalue weighted by Gasteiger charge is 2.10. The van der Waals surface area contributed by atoms with Crippen molar-refractivity contribution in [3.63, 3.8) is 0 Å². The highest BCUT2D eigenvalue weighted by molar-refractivity contribution is 5.86. The van der Waals surface area contributed by atoms with Gasteiger partial charge < -0.3 is 19.9 Å². The van der Waals surface area contributed by atoms with Crippen molar-refractivity contribution in [1.29, 1.82) is 0 Å². The molecule has 0 saturated carbocycles. The maximum atomic E-state index is 11.0. The molecule has 0 aliphatic carbocycles. The zero-order valence-electron chi connectivity index (χ0n) is 12.4. The van der Waals surface area contributed by atoms with Gasteiger partial charge in [0.05, 0.1) is 13.7 Å². The normalized spacial score (nSPS) is 10.1. The van der Waals surface area contributed by atoms with E-state index in [0.717, 1.165) is 0 Å². The van der Waals surface area contributed by atoms with Crippen LogP contribution in [0.4, 0.5) is 5.82 Å². The first-order chi connectivity index (χ1) is 10.6. The summed E-state index contributed by atoms with van der Waals surface area (Å²) in [7, 11) is 3.24. The maximum Gasteiger partial charge on any atom is 0.354 e. The quantitative estimate of drug-likeness (QED) is 0.806. The summed E-state index contributed by atoms with van der Waals surface area (Å²) >= 11 is 0. The van der Waals surface area contributed by atoms with E-state index in [1.54, 1.807) is 26.3 Å². The second kappa shape index (κ2) is 7.26. The molecule has 7 nitrogen and oxygen atoms in total. The summed E-state index contributed by atoms with van der Waals surface area (Å²) in [4.78, 5) is 19.2. The fourth-order valence-electron chi connectivity index (χ4n) is 1.84. The Kier molecular flexibility index (Phi) is 5.13. The summed E-state index contributed by atoms with van der Waals surface area (Å²) in [6.07, 6.45) is 0.383. The Morgan fingerprint density at radius 3 is 2.64 bits per heavy atom. The number of nitrogens with one attached hydrogen (secondary N) is 1. The van der Waals surface area contributed by atoms with Crippen molar-refractivity contribution >= 4 is 11.8 Å². The Bertz CT molecular complexity index is 661. The fourth-order valence-corrected chi connectivity index (χ4v) is 1.84. The molecule has 22 heavy (non-hydrogen) atoms. The summed E-state index contributed by atoms with van der Waals surface area (Å²) in [5, 5.41) is 11.8. The van der Waals surface area contributed by atoms with Crippen molar-refractivity contribution in [3.8, 4) is 11.5 Å². The van der Waals surface area contributed by atoms with E-state index in [1.165, 1.54) is 6.07 Å². The topological polar surface area (TPSA) is 93.6 Å². The molecule has 2 rings (SSSR count). The fraction of sp³-hybridized carbons (Fsp3) is 0.267. The summed E-state index contributed by atoms with van der Waals surface area (Å²) < 4.78 is 10.8. The predicted octanol–water partition coefficient (Wildman–Crippen LogP) is 1.85. The molecule has 0 radical (unpaired) electrons. The minimum atomic E-state index is -1.09. The second-order valence-corrected chi connectivity index (χ2v) is 4.36. The maximum absolute atomic E-state index is 11.0. The molecule has 0 aliphatic rings. The van der Waals surface area contributed by atoms with Crippen LogP contribution < -0.4 is 14.8 Å². The molecule has 0 atom stereocenters. The highest BCUT2D eigenvalue weighted by atomic mass is 16.5. The third-order valence-corrected chi connectivity index (χ3v) is 2.90. The minimum absolute atomic E-state index is 0.0494. The number of ether oxygens (including phenoxy) is 2. The van der Waals surface area contributed by atoms with Gasteiger partial charge in [-0.3, -0.25) is 0 Å². The lowest BCUT2D eigenvalue weighted by Crippen LogP contribution is -2.11. The van der Waals surface area contributed by atoms with Gasteiger partial charge in [-0.25, -0.2) is 14.8 Å². The lowest BCUT2D eigenvalue weighted by atomic mass is 10.3. The Morgan fingerprint density at radius 2 is 2.00 bits per heavy atom. The average molecular weight is 303 g/mol. The summed E-state index contributed by atoms with van der Waals surface area (Å²) in [6.45, 7) is 0.312. The van der Waals surface area contributed by atoms with Crippen LogP contribution in [0.1, 0.15) is 16.3 Å². The highest BCUT2D eigenvalue weighted by Crippen LogP contribution is 2.25. The van der Waals surface area contributed by atoms with Crippen LogP contribution in [0.2, 0.25) is 0 Å². The van der Waals surface area contributed by atoms with Gasteiger partial charge in [-0.2, -0.15) is 0 Å². The van der Waals surface area contributed by atoms with Crippen LogP contribution in [0, 0.1) is 0 Å². The molecule has 1 aromatic heterocycles. The molecule has 0 aliphatic heterocycles. The van der Waals surface area contributed by atoms with Crippen molar-refractivity contribution < 1.29 is 19.4 Å². The van der Waals surface area contributed by atoms with Gasteiger partial charge in [0, 0.05) is 19.5 Å². The number of carboxylic acids is 1. The first-order valence-corrected chi connectivity index (χ1v) is 6.69. The summed E-state index contributed by atoms with van der Waals surface area (Å²) in [5.41, 5.74) is -0.0494. The zero-order chi connectivity index (χ0) is 15.9. The molecule has 0 fully saturated rings. The smallest absolute Gasteiger partial charge is 0.354 e. The predicted molar refractivity (Wildman–Crippen MR) is 80.7 cm³/mol. The van der Waals surface area contributed by atoms with E-state index >= 15 is 0 Å². The number of anilines is 1. The van der Waals surface area contributed by atoms with E-state index in [4.69, 9.17) is 14.6 Å². The van der Waals surface area contributed by atoms with Crippen molar-refractivity contribution in [1.82, 2.24) is 9.97 Å². The molecule has 7 heteroatoms. The van der Waals surface area contributed by atoms with Crippen molar-refractivity contribution in [2.75, 3.05) is 26.1 Å². The molecule has 0 spiro atoms. The number of hydrogen-bond acceptors (Lipinski definition) is 6. The molecule has 0 bridgehead atoms. The van der Waals surface area contributed by atoms with Crippen molar-refractivity contribution in [2.45, 2.75) is 6.42 Å². The van der Waals surface area contributed by atoms with Gasteiger partial charge in [0.2, 0.25) is 0 Å². The van der Waals surface area contributed by atoms with Crippen molar-refractivity contribution in [3.05, 3.63) is 41.9 Å². The first-order valence-electron chi connectivity index (χ1n) is 6.69. The van der Waals surface area contributed by atoms with Crippen LogP contribution in [0.25, 0.3) is 0 Å². The number of aromatic carboxylic acids is 1. The number of hydrogen-bond donors (Lipinski definition) is 2. The zero-order valence-corrected chi connectivity index (χ0v) is 12.4. The minimum Gasteiger partial charge on any atom is -0.493 e. The Morgan fingerprint density at radius 1 is 1.27 bits per heavy atom. The summed E-state index contributed by atoms with van der Waals surface area (Å²) in [6, 6.07) is 8.68. The molecule has 116 valence electrons. The first kappa shape index (κ1) is 15.6. The molecule has 0 saturated heterocycles. The van der Waals surface area contributed by atoms with Gasteiger partial charge in [0.1, 0.15) is 11.6 Å².